The Kier molecular flexibility index (Phi) is 5.02. The highest BCUT2D eigenvalue weighted by atomic mass is 35.5. The highest BCUT2D eigenvalue weighted by Gasteiger charge is 2.20. The zero-order valence-electron chi connectivity index (χ0n) is 10.9. The predicted molar refractivity (Wildman–Crippen MR) is 74.2 cm³/mol. The molecule has 0 aliphatic heterocycles. The molecule has 0 heterocycles. The van der Waals surface area contributed by atoms with Gasteiger partial charge in [0.15, 0.2) is 0 Å². The topological polar surface area (TPSA) is 12.0 Å². The van der Waals surface area contributed by atoms with Crippen LogP contribution in [0.25, 0.3) is 0 Å². The van der Waals surface area contributed by atoms with E-state index in [1.54, 1.807) is 12.1 Å². The molecular formula is C15H21ClFN. The van der Waals surface area contributed by atoms with E-state index in [9.17, 15) is 4.39 Å². The molecular weight excluding hydrogens is 249 g/mol. The van der Waals surface area contributed by atoms with Crippen LogP contribution in [0.3, 0.4) is 0 Å². The van der Waals surface area contributed by atoms with Gasteiger partial charge in [-0.2, -0.15) is 0 Å². The summed E-state index contributed by atoms with van der Waals surface area (Å²) < 4.78 is 13.6. The van der Waals surface area contributed by atoms with Gasteiger partial charge in [0.25, 0.3) is 0 Å². The van der Waals surface area contributed by atoms with Gasteiger partial charge in [0.05, 0.1) is 0 Å². The highest BCUT2D eigenvalue weighted by molar-refractivity contribution is 6.31. The quantitative estimate of drug-likeness (QED) is 0.855. The maximum absolute atomic E-state index is 13.6. The SMILES string of the molecule is CC1CCCCC1CNCc1c(F)cccc1Cl. The van der Waals surface area contributed by atoms with Crippen LogP contribution < -0.4 is 5.32 Å². The average molecular weight is 270 g/mol. The molecule has 0 spiro atoms. The second-order valence-electron chi connectivity index (χ2n) is 5.35. The smallest absolute Gasteiger partial charge is 0.129 e. The van der Waals surface area contributed by atoms with Crippen LogP contribution in [0.15, 0.2) is 18.2 Å². The van der Waals surface area contributed by atoms with Gasteiger partial charge in [-0.3, -0.25) is 0 Å². The van der Waals surface area contributed by atoms with E-state index in [1.807, 2.05) is 0 Å². The molecule has 1 saturated carbocycles. The summed E-state index contributed by atoms with van der Waals surface area (Å²) in [6.07, 6.45) is 5.31. The molecule has 0 aromatic heterocycles. The highest BCUT2D eigenvalue weighted by Crippen LogP contribution is 2.29. The van der Waals surface area contributed by atoms with Crippen molar-refractivity contribution < 1.29 is 4.39 Å². The summed E-state index contributed by atoms with van der Waals surface area (Å²) in [6, 6.07) is 4.85. The van der Waals surface area contributed by atoms with Crippen molar-refractivity contribution in [2.75, 3.05) is 6.54 Å². The monoisotopic (exact) mass is 269 g/mol. The molecule has 0 bridgehead atoms. The van der Waals surface area contributed by atoms with Gasteiger partial charge < -0.3 is 5.32 Å². The fourth-order valence-electron chi connectivity index (χ4n) is 2.78. The van der Waals surface area contributed by atoms with Crippen molar-refractivity contribution in [3.05, 3.63) is 34.6 Å². The molecule has 1 aromatic carbocycles. The van der Waals surface area contributed by atoms with Crippen LogP contribution in [0.2, 0.25) is 5.02 Å². The maximum atomic E-state index is 13.6. The maximum Gasteiger partial charge on any atom is 0.129 e. The molecule has 2 rings (SSSR count). The van der Waals surface area contributed by atoms with Crippen LogP contribution >= 0.6 is 11.6 Å². The van der Waals surface area contributed by atoms with E-state index in [-0.39, 0.29) is 5.82 Å². The fraction of sp³-hybridized carbons (Fsp3) is 0.600. The molecule has 2 unspecified atom stereocenters. The van der Waals surface area contributed by atoms with Crippen molar-refractivity contribution in [2.45, 2.75) is 39.2 Å². The number of rotatable bonds is 4. The number of hydrogen-bond acceptors (Lipinski definition) is 1. The Morgan fingerprint density at radius 2 is 2.11 bits per heavy atom. The minimum absolute atomic E-state index is 0.216. The predicted octanol–water partition coefficient (Wildman–Crippen LogP) is 4.40. The average Bonchev–Trinajstić information content (AvgIpc) is 2.35. The molecule has 100 valence electrons. The molecule has 1 nitrogen and oxygen atoms in total. The standard InChI is InChI=1S/C15H21ClFN/c1-11-5-2-3-6-12(11)9-18-10-13-14(16)7-4-8-15(13)17/h4,7-8,11-12,18H,2-3,5-6,9-10H2,1H3. The first kappa shape index (κ1) is 13.8. The Morgan fingerprint density at radius 3 is 2.83 bits per heavy atom. The lowest BCUT2D eigenvalue weighted by molar-refractivity contribution is 0.247. The Balaban J connectivity index is 1.84. The molecule has 1 aliphatic carbocycles. The van der Waals surface area contributed by atoms with Crippen LogP contribution in [-0.2, 0) is 6.54 Å². The lowest BCUT2D eigenvalue weighted by Crippen LogP contribution is -2.29. The first-order chi connectivity index (χ1) is 8.68. The number of hydrogen-bond donors (Lipinski definition) is 1. The van der Waals surface area contributed by atoms with Crippen molar-refractivity contribution in [2.24, 2.45) is 11.8 Å². The van der Waals surface area contributed by atoms with E-state index in [0.29, 0.717) is 17.1 Å². The molecule has 3 heteroatoms. The van der Waals surface area contributed by atoms with Crippen molar-refractivity contribution in [3.8, 4) is 0 Å². The third-order valence-electron chi connectivity index (χ3n) is 4.06. The molecule has 1 aliphatic rings. The zero-order valence-corrected chi connectivity index (χ0v) is 11.6. The van der Waals surface area contributed by atoms with E-state index in [4.69, 9.17) is 11.6 Å². The molecule has 1 N–H and O–H groups in total. The van der Waals surface area contributed by atoms with Crippen LogP contribution in [0.1, 0.15) is 38.2 Å². The summed E-state index contributed by atoms with van der Waals surface area (Å²) >= 11 is 6.00. The van der Waals surface area contributed by atoms with Crippen molar-refractivity contribution in [1.82, 2.24) is 5.32 Å². The molecule has 2 atom stereocenters. The van der Waals surface area contributed by atoms with Crippen LogP contribution in [0.4, 0.5) is 4.39 Å². The van der Waals surface area contributed by atoms with Gasteiger partial charge in [-0.15, -0.1) is 0 Å². The second kappa shape index (κ2) is 6.53. The first-order valence-corrected chi connectivity index (χ1v) is 7.20. The van der Waals surface area contributed by atoms with Gasteiger partial charge >= 0.3 is 0 Å². The summed E-state index contributed by atoms with van der Waals surface area (Å²) in [6.45, 7) is 3.81. The molecule has 0 amide bonds. The minimum Gasteiger partial charge on any atom is -0.312 e. The lowest BCUT2D eigenvalue weighted by atomic mass is 9.80. The Bertz CT molecular complexity index is 374. The van der Waals surface area contributed by atoms with Crippen LogP contribution in [0.5, 0.6) is 0 Å². The van der Waals surface area contributed by atoms with E-state index < -0.39 is 0 Å². The summed E-state index contributed by atoms with van der Waals surface area (Å²) in [4.78, 5) is 0. The number of halogens is 2. The third-order valence-corrected chi connectivity index (χ3v) is 4.41. The van der Waals surface area contributed by atoms with Crippen molar-refractivity contribution >= 4 is 11.6 Å². The third kappa shape index (κ3) is 3.46. The fourth-order valence-corrected chi connectivity index (χ4v) is 3.01. The van der Waals surface area contributed by atoms with Crippen molar-refractivity contribution in [1.29, 1.82) is 0 Å². The van der Waals surface area contributed by atoms with E-state index in [0.717, 1.165) is 18.4 Å². The molecule has 1 fully saturated rings. The molecule has 18 heavy (non-hydrogen) atoms. The summed E-state index contributed by atoms with van der Waals surface area (Å²) in [5.41, 5.74) is 0.586. The minimum atomic E-state index is -0.216. The van der Waals surface area contributed by atoms with Gasteiger partial charge in [-0.05, 0) is 36.9 Å². The van der Waals surface area contributed by atoms with Crippen LogP contribution in [0, 0.1) is 17.7 Å². The molecule has 0 saturated heterocycles. The number of nitrogens with one attached hydrogen (secondary N) is 1. The normalized spacial score (nSPS) is 24.2. The van der Waals surface area contributed by atoms with Crippen molar-refractivity contribution in [3.63, 3.8) is 0 Å². The van der Waals surface area contributed by atoms with E-state index >= 15 is 0 Å². The summed E-state index contributed by atoms with van der Waals surface area (Å²) in [5.74, 6) is 1.29. The van der Waals surface area contributed by atoms with E-state index in [1.165, 1.54) is 31.7 Å². The Hall–Kier alpha value is -0.600. The van der Waals surface area contributed by atoms with Gasteiger partial charge in [0, 0.05) is 17.1 Å². The zero-order chi connectivity index (χ0) is 13.0. The summed E-state index contributed by atoms with van der Waals surface area (Å²) in [5, 5.41) is 3.87. The van der Waals surface area contributed by atoms with Gasteiger partial charge in [-0.25, -0.2) is 4.39 Å². The Labute approximate surface area is 114 Å². The van der Waals surface area contributed by atoms with Gasteiger partial charge in [0.2, 0.25) is 0 Å². The lowest BCUT2D eigenvalue weighted by Gasteiger charge is -2.29. The largest absolute Gasteiger partial charge is 0.312 e. The molecule has 0 radical (unpaired) electrons. The first-order valence-electron chi connectivity index (χ1n) is 6.82. The Morgan fingerprint density at radius 1 is 1.33 bits per heavy atom. The van der Waals surface area contributed by atoms with Gasteiger partial charge in [-0.1, -0.05) is 43.9 Å². The second-order valence-corrected chi connectivity index (χ2v) is 5.76. The van der Waals surface area contributed by atoms with Gasteiger partial charge in [0.1, 0.15) is 5.82 Å². The van der Waals surface area contributed by atoms with Crippen LogP contribution in [-0.4, -0.2) is 6.54 Å². The number of benzene rings is 1. The summed E-state index contributed by atoms with van der Waals surface area (Å²) in [7, 11) is 0. The molecule has 1 aromatic rings. The van der Waals surface area contributed by atoms with E-state index in [2.05, 4.69) is 12.2 Å².